The zero-order valence-electron chi connectivity index (χ0n) is 11.7. The second-order valence-electron chi connectivity index (χ2n) is 7.03. The molecule has 4 bridgehead atoms. The summed E-state index contributed by atoms with van der Waals surface area (Å²) in [4.78, 5) is 0. The quantitative estimate of drug-likeness (QED) is 0.909. The highest BCUT2D eigenvalue weighted by molar-refractivity contribution is 5.05. The lowest BCUT2D eigenvalue weighted by Crippen LogP contribution is -2.46. The SMILES string of the molecule is CCC(N)c1nncn1C1C2CC3CC(C2)CC1C3. The van der Waals surface area contributed by atoms with Crippen LogP contribution < -0.4 is 5.73 Å². The Morgan fingerprint density at radius 3 is 2.42 bits per heavy atom. The van der Waals surface area contributed by atoms with Crippen molar-refractivity contribution in [1.29, 1.82) is 0 Å². The second-order valence-corrected chi connectivity index (χ2v) is 7.03. The smallest absolute Gasteiger partial charge is 0.150 e. The standard InChI is InChI=1S/C15H24N4/c1-2-13(16)15-18-17-8-19(15)14-11-4-9-3-10(6-11)7-12(14)5-9/h8-14H,2-7,16H2,1H3. The van der Waals surface area contributed by atoms with E-state index >= 15 is 0 Å². The second kappa shape index (κ2) is 4.30. The average molecular weight is 260 g/mol. The van der Waals surface area contributed by atoms with Crippen LogP contribution in [0.3, 0.4) is 0 Å². The van der Waals surface area contributed by atoms with Crippen molar-refractivity contribution in [2.24, 2.45) is 29.4 Å². The Bertz CT molecular complexity index is 438. The first-order valence-corrected chi connectivity index (χ1v) is 7.91. The van der Waals surface area contributed by atoms with E-state index in [1.165, 1.54) is 32.1 Å². The zero-order valence-corrected chi connectivity index (χ0v) is 11.7. The Labute approximate surface area is 114 Å². The van der Waals surface area contributed by atoms with Gasteiger partial charge in [0, 0.05) is 6.04 Å². The van der Waals surface area contributed by atoms with Gasteiger partial charge in [0.05, 0.1) is 6.04 Å². The van der Waals surface area contributed by atoms with Gasteiger partial charge in [-0.1, -0.05) is 6.92 Å². The van der Waals surface area contributed by atoms with Crippen molar-refractivity contribution in [3.8, 4) is 0 Å². The molecule has 104 valence electrons. The molecule has 2 N–H and O–H groups in total. The number of hydrogen-bond donors (Lipinski definition) is 1. The Morgan fingerprint density at radius 1 is 1.21 bits per heavy atom. The van der Waals surface area contributed by atoms with Gasteiger partial charge in [0.25, 0.3) is 0 Å². The minimum Gasteiger partial charge on any atom is -0.321 e. The Morgan fingerprint density at radius 2 is 1.84 bits per heavy atom. The van der Waals surface area contributed by atoms with Gasteiger partial charge in [0.2, 0.25) is 0 Å². The van der Waals surface area contributed by atoms with Crippen LogP contribution in [0.1, 0.15) is 63.4 Å². The van der Waals surface area contributed by atoms with Gasteiger partial charge in [-0.25, -0.2) is 0 Å². The molecule has 4 saturated carbocycles. The Balaban J connectivity index is 1.67. The van der Waals surface area contributed by atoms with Crippen molar-refractivity contribution < 1.29 is 0 Å². The van der Waals surface area contributed by atoms with Crippen LogP contribution in [0, 0.1) is 23.7 Å². The molecule has 0 aromatic carbocycles. The molecule has 4 aliphatic rings. The summed E-state index contributed by atoms with van der Waals surface area (Å²) < 4.78 is 2.35. The van der Waals surface area contributed by atoms with E-state index in [0.717, 1.165) is 35.9 Å². The number of rotatable bonds is 3. The van der Waals surface area contributed by atoms with Gasteiger partial charge in [0.1, 0.15) is 12.2 Å². The van der Waals surface area contributed by atoms with Crippen LogP contribution in [0.15, 0.2) is 6.33 Å². The topological polar surface area (TPSA) is 56.7 Å². The van der Waals surface area contributed by atoms with Crippen LogP contribution in [0.5, 0.6) is 0 Å². The van der Waals surface area contributed by atoms with E-state index < -0.39 is 0 Å². The van der Waals surface area contributed by atoms with Crippen molar-refractivity contribution in [3.05, 3.63) is 12.2 Å². The number of nitrogens with two attached hydrogens (primary N) is 1. The fraction of sp³-hybridized carbons (Fsp3) is 0.867. The molecule has 0 aliphatic heterocycles. The largest absolute Gasteiger partial charge is 0.321 e. The molecule has 4 aliphatic carbocycles. The summed E-state index contributed by atoms with van der Waals surface area (Å²) in [5.41, 5.74) is 6.21. The first-order chi connectivity index (χ1) is 9.26. The summed E-state index contributed by atoms with van der Waals surface area (Å²) in [6.07, 6.45) is 10.1. The Hall–Kier alpha value is -0.900. The molecule has 4 nitrogen and oxygen atoms in total. The first-order valence-electron chi connectivity index (χ1n) is 7.91. The summed E-state index contributed by atoms with van der Waals surface area (Å²) in [5.74, 6) is 4.75. The number of hydrogen-bond acceptors (Lipinski definition) is 3. The molecule has 0 amide bonds. The maximum Gasteiger partial charge on any atom is 0.150 e. The van der Waals surface area contributed by atoms with E-state index in [1.54, 1.807) is 0 Å². The summed E-state index contributed by atoms with van der Waals surface area (Å²) in [5, 5.41) is 8.46. The van der Waals surface area contributed by atoms with Gasteiger partial charge in [-0.3, -0.25) is 0 Å². The summed E-state index contributed by atoms with van der Waals surface area (Å²) in [7, 11) is 0. The van der Waals surface area contributed by atoms with Crippen molar-refractivity contribution >= 4 is 0 Å². The molecule has 1 atom stereocenters. The van der Waals surface area contributed by atoms with Gasteiger partial charge < -0.3 is 10.3 Å². The fourth-order valence-corrected chi connectivity index (χ4v) is 5.28. The molecule has 1 aromatic rings. The minimum absolute atomic E-state index is 0.0414. The zero-order chi connectivity index (χ0) is 13.0. The number of aromatic nitrogens is 3. The van der Waals surface area contributed by atoms with E-state index in [4.69, 9.17) is 5.73 Å². The molecule has 1 unspecified atom stereocenters. The highest BCUT2D eigenvalue weighted by Gasteiger charge is 2.49. The molecule has 0 radical (unpaired) electrons. The predicted octanol–water partition coefficient (Wildman–Crippen LogP) is 2.69. The summed E-state index contributed by atoms with van der Waals surface area (Å²) in [6.45, 7) is 2.13. The Kier molecular flexibility index (Phi) is 2.69. The third kappa shape index (κ3) is 1.76. The van der Waals surface area contributed by atoms with Gasteiger partial charge >= 0.3 is 0 Å². The van der Waals surface area contributed by atoms with Crippen LogP contribution >= 0.6 is 0 Å². The van der Waals surface area contributed by atoms with Crippen molar-refractivity contribution in [2.45, 2.75) is 57.5 Å². The third-order valence-corrected chi connectivity index (χ3v) is 5.87. The van der Waals surface area contributed by atoms with E-state index in [9.17, 15) is 0 Å². The molecule has 19 heavy (non-hydrogen) atoms. The molecule has 1 aromatic heterocycles. The minimum atomic E-state index is 0.0414. The van der Waals surface area contributed by atoms with Crippen LogP contribution in [0.25, 0.3) is 0 Å². The molecule has 0 spiro atoms. The predicted molar refractivity (Wildman–Crippen MR) is 73.3 cm³/mol. The van der Waals surface area contributed by atoms with Crippen LogP contribution in [0.4, 0.5) is 0 Å². The molecule has 0 saturated heterocycles. The van der Waals surface area contributed by atoms with Gasteiger partial charge in [-0.05, 0) is 62.2 Å². The van der Waals surface area contributed by atoms with E-state index in [1.807, 2.05) is 6.33 Å². The van der Waals surface area contributed by atoms with Gasteiger partial charge in [-0.15, -0.1) is 10.2 Å². The molecule has 5 rings (SSSR count). The number of nitrogens with zero attached hydrogens (tertiary/aromatic N) is 3. The lowest BCUT2D eigenvalue weighted by molar-refractivity contribution is -0.0305. The maximum atomic E-state index is 6.21. The van der Waals surface area contributed by atoms with E-state index in [-0.39, 0.29) is 6.04 Å². The molecular formula is C15H24N4. The van der Waals surface area contributed by atoms with Crippen molar-refractivity contribution in [2.75, 3.05) is 0 Å². The fourth-order valence-electron chi connectivity index (χ4n) is 5.28. The average Bonchev–Trinajstić information content (AvgIpc) is 2.85. The lowest BCUT2D eigenvalue weighted by atomic mass is 9.54. The first kappa shape index (κ1) is 11.9. The lowest BCUT2D eigenvalue weighted by Gasteiger charge is -2.54. The highest BCUT2D eigenvalue weighted by atomic mass is 15.3. The monoisotopic (exact) mass is 260 g/mol. The van der Waals surface area contributed by atoms with Crippen molar-refractivity contribution in [3.63, 3.8) is 0 Å². The van der Waals surface area contributed by atoms with E-state index in [2.05, 4.69) is 21.7 Å². The van der Waals surface area contributed by atoms with Crippen LogP contribution in [-0.4, -0.2) is 14.8 Å². The molecule has 4 fully saturated rings. The van der Waals surface area contributed by atoms with E-state index in [0.29, 0.717) is 6.04 Å². The summed E-state index contributed by atoms with van der Waals surface area (Å²) in [6, 6.07) is 0.676. The van der Waals surface area contributed by atoms with Crippen LogP contribution in [0.2, 0.25) is 0 Å². The normalized spacial score (nSPS) is 41.7. The van der Waals surface area contributed by atoms with Gasteiger partial charge in [-0.2, -0.15) is 0 Å². The molecular weight excluding hydrogens is 236 g/mol. The third-order valence-electron chi connectivity index (χ3n) is 5.87. The maximum absolute atomic E-state index is 6.21. The molecule has 1 heterocycles. The van der Waals surface area contributed by atoms with Crippen LogP contribution in [-0.2, 0) is 0 Å². The van der Waals surface area contributed by atoms with Crippen molar-refractivity contribution in [1.82, 2.24) is 14.8 Å². The van der Waals surface area contributed by atoms with Gasteiger partial charge in [0.15, 0.2) is 0 Å². The summed E-state index contributed by atoms with van der Waals surface area (Å²) >= 11 is 0. The molecule has 4 heteroatoms. The highest BCUT2D eigenvalue weighted by Crippen LogP contribution is 2.58.